The van der Waals surface area contributed by atoms with Crippen molar-refractivity contribution in [3.63, 3.8) is 0 Å². The maximum absolute atomic E-state index is 12.8. The number of hydrogen-bond acceptors (Lipinski definition) is 5. The van der Waals surface area contributed by atoms with Gasteiger partial charge in [0.25, 0.3) is 5.69 Å². The second kappa shape index (κ2) is 7.03. The lowest BCUT2D eigenvalue weighted by Gasteiger charge is -2.22. The topological polar surface area (TPSA) is 82.6 Å². The number of carbonyl (C=O) groups is 1. The molecule has 1 aliphatic carbocycles. The number of nitrogens with zero attached hydrogens (tertiary/aromatic N) is 1. The molecule has 0 bridgehead atoms. The molecular formula is C23H23NO5. The van der Waals surface area contributed by atoms with E-state index < -0.39 is 10.9 Å². The number of esters is 1. The average Bonchev–Trinajstić information content (AvgIpc) is 3.04. The zero-order valence-electron chi connectivity index (χ0n) is 16.8. The van der Waals surface area contributed by atoms with Gasteiger partial charge in [0, 0.05) is 35.1 Å². The van der Waals surface area contributed by atoms with Gasteiger partial charge in [0.1, 0.15) is 17.1 Å². The number of hydrogen-bond donors (Lipinski definition) is 0. The zero-order valence-corrected chi connectivity index (χ0v) is 16.8. The van der Waals surface area contributed by atoms with Gasteiger partial charge in [-0.1, -0.05) is 26.8 Å². The van der Waals surface area contributed by atoms with Crippen molar-refractivity contribution in [3.8, 4) is 5.75 Å². The molecule has 0 N–H and O–H groups in total. The zero-order chi connectivity index (χ0) is 20.8. The standard InChI is InChI=1S/C23H23NO5/c1-23(2,3)18-13-20-17(16-9-4-5-10-19(16)28-20)12-21(18)29-22(25)14-7-6-8-15(11-14)24(26)27/h6-8,11-13H,4-5,9-10H2,1-3H3. The lowest BCUT2D eigenvalue weighted by Crippen LogP contribution is -2.16. The fourth-order valence-electron chi connectivity index (χ4n) is 3.86. The summed E-state index contributed by atoms with van der Waals surface area (Å²) in [6, 6.07) is 9.43. The predicted molar refractivity (Wildman–Crippen MR) is 110 cm³/mol. The summed E-state index contributed by atoms with van der Waals surface area (Å²) in [6.45, 7) is 6.13. The number of benzene rings is 2. The molecule has 29 heavy (non-hydrogen) atoms. The quantitative estimate of drug-likeness (QED) is 0.245. The molecule has 0 fully saturated rings. The third kappa shape index (κ3) is 3.62. The van der Waals surface area contributed by atoms with Gasteiger partial charge < -0.3 is 9.15 Å². The number of carbonyl (C=O) groups excluding carboxylic acids is 1. The highest BCUT2D eigenvalue weighted by Gasteiger charge is 2.26. The number of aryl methyl sites for hydroxylation is 2. The number of nitro benzene ring substituents is 1. The van der Waals surface area contributed by atoms with Gasteiger partial charge in [-0.15, -0.1) is 0 Å². The molecule has 0 unspecified atom stereocenters. The van der Waals surface area contributed by atoms with Gasteiger partial charge in [-0.05, 0) is 42.9 Å². The number of nitro groups is 1. The smallest absolute Gasteiger partial charge is 0.343 e. The summed E-state index contributed by atoms with van der Waals surface area (Å²) < 4.78 is 11.9. The third-order valence-electron chi connectivity index (χ3n) is 5.36. The molecule has 1 aromatic heterocycles. The van der Waals surface area contributed by atoms with E-state index in [1.54, 1.807) is 0 Å². The third-order valence-corrected chi connectivity index (χ3v) is 5.36. The molecule has 150 valence electrons. The van der Waals surface area contributed by atoms with E-state index in [4.69, 9.17) is 9.15 Å². The summed E-state index contributed by atoms with van der Waals surface area (Å²) in [6.07, 6.45) is 4.12. The lowest BCUT2D eigenvalue weighted by molar-refractivity contribution is -0.384. The molecule has 1 aliphatic rings. The summed E-state index contributed by atoms with van der Waals surface area (Å²) in [5.74, 6) is 0.875. The van der Waals surface area contributed by atoms with E-state index in [1.165, 1.54) is 29.8 Å². The van der Waals surface area contributed by atoms with Crippen LogP contribution in [0.3, 0.4) is 0 Å². The second-order valence-corrected chi connectivity index (χ2v) is 8.50. The largest absolute Gasteiger partial charge is 0.461 e. The fraction of sp³-hybridized carbons (Fsp3) is 0.348. The Morgan fingerprint density at radius 2 is 1.90 bits per heavy atom. The van der Waals surface area contributed by atoms with Gasteiger partial charge in [-0.25, -0.2) is 4.79 Å². The molecule has 3 aromatic rings. The minimum Gasteiger partial charge on any atom is -0.461 e. The number of ether oxygens (including phenoxy) is 1. The van der Waals surface area contributed by atoms with Gasteiger partial charge in [-0.2, -0.15) is 0 Å². The van der Waals surface area contributed by atoms with Crippen LogP contribution >= 0.6 is 0 Å². The van der Waals surface area contributed by atoms with Crippen molar-refractivity contribution >= 4 is 22.6 Å². The molecule has 0 atom stereocenters. The van der Waals surface area contributed by atoms with Crippen molar-refractivity contribution in [2.45, 2.75) is 51.9 Å². The fourth-order valence-corrected chi connectivity index (χ4v) is 3.86. The molecule has 0 saturated carbocycles. The maximum Gasteiger partial charge on any atom is 0.343 e. The van der Waals surface area contributed by atoms with Crippen LogP contribution in [0.15, 0.2) is 40.8 Å². The monoisotopic (exact) mass is 393 g/mol. The molecule has 0 radical (unpaired) electrons. The maximum atomic E-state index is 12.8. The van der Waals surface area contributed by atoms with E-state index in [9.17, 15) is 14.9 Å². The first-order chi connectivity index (χ1) is 13.7. The van der Waals surface area contributed by atoms with Crippen molar-refractivity contribution in [1.29, 1.82) is 0 Å². The van der Waals surface area contributed by atoms with Gasteiger partial charge in [0.2, 0.25) is 0 Å². The lowest BCUT2D eigenvalue weighted by atomic mass is 9.85. The molecule has 2 aromatic carbocycles. The number of non-ortho nitro benzene ring substituents is 1. The van der Waals surface area contributed by atoms with E-state index in [0.29, 0.717) is 5.75 Å². The number of furan rings is 1. The second-order valence-electron chi connectivity index (χ2n) is 8.50. The van der Waals surface area contributed by atoms with Crippen LogP contribution in [0.1, 0.15) is 60.9 Å². The Kier molecular flexibility index (Phi) is 4.65. The normalized spacial score (nSPS) is 13.9. The number of rotatable bonds is 3. The molecule has 4 rings (SSSR count). The Hall–Kier alpha value is -3.15. The summed E-state index contributed by atoms with van der Waals surface area (Å²) in [5, 5.41) is 12.0. The molecule has 0 spiro atoms. The minimum absolute atomic E-state index is 0.144. The Morgan fingerprint density at radius 1 is 1.14 bits per heavy atom. The van der Waals surface area contributed by atoms with Crippen LogP contribution < -0.4 is 4.74 Å². The van der Waals surface area contributed by atoms with Crippen LogP contribution in [0.5, 0.6) is 5.75 Å². The molecule has 0 aliphatic heterocycles. The summed E-state index contributed by atoms with van der Waals surface area (Å²) in [5.41, 5.74) is 2.59. The highest BCUT2D eigenvalue weighted by Crippen LogP contribution is 2.40. The van der Waals surface area contributed by atoms with Crippen molar-refractivity contribution in [3.05, 3.63) is 69.0 Å². The molecule has 1 heterocycles. The van der Waals surface area contributed by atoms with E-state index in [-0.39, 0.29) is 16.7 Å². The van der Waals surface area contributed by atoms with Crippen LogP contribution in [-0.2, 0) is 18.3 Å². The summed E-state index contributed by atoms with van der Waals surface area (Å²) in [7, 11) is 0. The SMILES string of the molecule is CC(C)(C)c1cc2oc3c(c2cc1OC(=O)c1cccc([N+](=O)[O-])c1)CCCC3. The van der Waals surface area contributed by atoms with Crippen molar-refractivity contribution < 1.29 is 18.9 Å². The van der Waals surface area contributed by atoms with Gasteiger partial charge in [0.15, 0.2) is 0 Å². The molecule has 6 nitrogen and oxygen atoms in total. The van der Waals surface area contributed by atoms with Gasteiger partial charge >= 0.3 is 5.97 Å². The molecular weight excluding hydrogens is 370 g/mol. The van der Waals surface area contributed by atoms with Crippen molar-refractivity contribution in [1.82, 2.24) is 0 Å². The molecule has 6 heteroatoms. The van der Waals surface area contributed by atoms with Crippen LogP contribution in [0.25, 0.3) is 11.0 Å². The first-order valence-corrected chi connectivity index (χ1v) is 9.79. The first-order valence-electron chi connectivity index (χ1n) is 9.79. The highest BCUT2D eigenvalue weighted by atomic mass is 16.6. The Bertz CT molecular complexity index is 1120. The van der Waals surface area contributed by atoms with E-state index in [0.717, 1.165) is 48.0 Å². The first kappa shape index (κ1) is 19.2. The van der Waals surface area contributed by atoms with E-state index in [2.05, 4.69) is 0 Å². The Balaban J connectivity index is 1.78. The van der Waals surface area contributed by atoms with E-state index >= 15 is 0 Å². The van der Waals surface area contributed by atoms with Crippen LogP contribution in [0, 0.1) is 10.1 Å². The van der Waals surface area contributed by atoms with Crippen molar-refractivity contribution in [2.75, 3.05) is 0 Å². The minimum atomic E-state index is -0.615. The average molecular weight is 393 g/mol. The van der Waals surface area contributed by atoms with E-state index in [1.807, 2.05) is 32.9 Å². The highest BCUT2D eigenvalue weighted by molar-refractivity contribution is 5.93. The van der Waals surface area contributed by atoms with Crippen LogP contribution in [-0.4, -0.2) is 10.9 Å². The summed E-state index contributed by atoms with van der Waals surface area (Å²) >= 11 is 0. The molecule has 0 saturated heterocycles. The molecule has 0 amide bonds. The predicted octanol–water partition coefficient (Wildman–Crippen LogP) is 5.74. The van der Waals surface area contributed by atoms with Gasteiger partial charge in [-0.3, -0.25) is 10.1 Å². The summed E-state index contributed by atoms with van der Waals surface area (Å²) in [4.78, 5) is 23.3. The van der Waals surface area contributed by atoms with Crippen LogP contribution in [0.2, 0.25) is 0 Å². The Morgan fingerprint density at radius 3 is 2.62 bits per heavy atom. The van der Waals surface area contributed by atoms with Crippen molar-refractivity contribution in [2.24, 2.45) is 0 Å². The van der Waals surface area contributed by atoms with Gasteiger partial charge in [0.05, 0.1) is 10.5 Å². The Labute approximate surface area is 168 Å². The number of fused-ring (bicyclic) bond motifs is 3. The van der Waals surface area contributed by atoms with Crippen LogP contribution in [0.4, 0.5) is 5.69 Å².